The first-order chi connectivity index (χ1) is 8.27. The van der Waals surface area contributed by atoms with E-state index < -0.39 is 5.97 Å². The van der Waals surface area contributed by atoms with Crippen molar-refractivity contribution >= 4 is 5.97 Å². The van der Waals surface area contributed by atoms with Gasteiger partial charge in [0.2, 0.25) is 0 Å². The van der Waals surface area contributed by atoms with Crippen LogP contribution in [0.15, 0.2) is 42.5 Å². The highest BCUT2D eigenvalue weighted by atomic mass is 16.4. The third-order valence-electron chi connectivity index (χ3n) is 3.33. The average molecular weight is 224 g/mol. The maximum absolute atomic E-state index is 11.3. The van der Waals surface area contributed by atoms with Crippen LogP contribution in [-0.2, 0) is 12.8 Å². The lowest BCUT2D eigenvalue weighted by molar-refractivity contribution is 0.0697. The molecule has 0 bridgehead atoms. The summed E-state index contributed by atoms with van der Waals surface area (Å²) in [6.45, 7) is 0. The van der Waals surface area contributed by atoms with Crippen LogP contribution in [-0.4, -0.2) is 11.1 Å². The van der Waals surface area contributed by atoms with Crippen LogP contribution < -0.4 is 0 Å². The molecule has 2 aromatic rings. The van der Waals surface area contributed by atoms with E-state index in [0.29, 0.717) is 5.56 Å². The minimum atomic E-state index is -0.849. The molecular weight excluding hydrogens is 212 g/mol. The van der Waals surface area contributed by atoms with Crippen molar-refractivity contribution in [2.75, 3.05) is 0 Å². The van der Waals surface area contributed by atoms with Gasteiger partial charge in [-0.1, -0.05) is 36.4 Å². The van der Waals surface area contributed by atoms with Crippen LogP contribution in [0.3, 0.4) is 0 Å². The lowest BCUT2D eigenvalue weighted by Crippen LogP contribution is -2.09. The van der Waals surface area contributed by atoms with Crippen LogP contribution in [0, 0.1) is 0 Å². The van der Waals surface area contributed by atoms with Gasteiger partial charge in [0.25, 0.3) is 0 Å². The molecule has 0 radical (unpaired) electrons. The average Bonchev–Trinajstić information content (AvgIpc) is 2.37. The zero-order valence-corrected chi connectivity index (χ0v) is 9.31. The second-order valence-electron chi connectivity index (χ2n) is 4.30. The summed E-state index contributed by atoms with van der Waals surface area (Å²) in [5.41, 5.74) is 4.78. The molecule has 0 saturated heterocycles. The molecule has 1 N–H and O–H groups in total. The number of aryl methyl sites for hydroxylation is 2. The summed E-state index contributed by atoms with van der Waals surface area (Å²) < 4.78 is 0. The molecule has 0 fully saturated rings. The van der Waals surface area contributed by atoms with Crippen LogP contribution in [0.4, 0.5) is 0 Å². The van der Waals surface area contributed by atoms with E-state index in [4.69, 9.17) is 0 Å². The first kappa shape index (κ1) is 10.1. The lowest BCUT2D eigenvalue weighted by atomic mass is 9.83. The van der Waals surface area contributed by atoms with Gasteiger partial charge in [-0.25, -0.2) is 4.79 Å². The van der Waals surface area contributed by atoms with Crippen LogP contribution in [0.5, 0.6) is 0 Å². The maximum atomic E-state index is 11.3. The molecular formula is C15H12O2. The van der Waals surface area contributed by atoms with E-state index >= 15 is 0 Å². The van der Waals surface area contributed by atoms with Crippen molar-refractivity contribution in [2.24, 2.45) is 0 Å². The van der Waals surface area contributed by atoms with Crippen molar-refractivity contribution in [1.29, 1.82) is 0 Å². The van der Waals surface area contributed by atoms with E-state index in [1.165, 1.54) is 5.56 Å². The van der Waals surface area contributed by atoms with Gasteiger partial charge in [0.15, 0.2) is 0 Å². The first-order valence-corrected chi connectivity index (χ1v) is 5.71. The molecule has 2 nitrogen and oxygen atoms in total. The second kappa shape index (κ2) is 3.74. The topological polar surface area (TPSA) is 37.3 Å². The third-order valence-corrected chi connectivity index (χ3v) is 3.33. The molecule has 0 atom stereocenters. The van der Waals surface area contributed by atoms with Crippen molar-refractivity contribution in [3.63, 3.8) is 0 Å². The smallest absolute Gasteiger partial charge is 0.336 e. The fourth-order valence-corrected chi connectivity index (χ4v) is 2.56. The number of hydrogen-bond donors (Lipinski definition) is 1. The maximum Gasteiger partial charge on any atom is 0.336 e. The normalized spacial score (nSPS) is 12.7. The Balaban J connectivity index is 2.33. The molecule has 3 rings (SSSR count). The highest BCUT2D eigenvalue weighted by Gasteiger charge is 2.21. The minimum Gasteiger partial charge on any atom is -0.478 e. The van der Waals surface area contributed by atoms with Gasteiger partial charge in [0.1, 0.15) is 0 Å². The van der Waals surface area contributed by atoms with Gasteiger partial charge >= 0.3 is 5.97 Å². The van der Waals surface area contributed by atoms with E-state index in [1.54, 1.807) is 6.07 Å². The largest absolute Gasteiger partial charge is 0.478 e. The Bertz CT molecular complexity index is 600. The lowest BCUT2D eigenvalue weighted by Gasteiger charge is -2.21. The van der Waals surface area contributed by atoms with E-state index in [-0.39, 0.29) is 0 Å². The molecule has 0 aromatic heterocycles. The molecule has 2 heteroatoms. The van der Waals surface area contributed by atoms with Gasteiger partial charge in [-0.05, 0) is 41.2 Å². The molecule has 17 heavy (non-hydrogen) atoms. The summed E-state index contributed by atoms with van der Waals surface area (Å²) in [4.78, 5) is 11.3. The van der Waals surface area contributed by atoms with Crippen LogP contribution in [0.25, 0.3) is 11.1 Å². The van der Waals surface area contributed by atoms with Gasteiger partial charge in [-0.2, -0.15) is 0 Å². The summed E-state index contributed by atoms with van der Waals surface area (Å²) in [6.07, 6.45) is 1.92. The van der Waals surface area contributed by atoms with Crippen LogP contribution in [0.2, 0.25) is 0 Å². The fraction of sp³-hybridized carbons (Fsp3) is 0.133. The zero-order valence-electron chi connectivity index (χ0n) is 9.31. The standard InChI is InChI=1S/C15H12O2/c16-15(17)13-7-3-5-11-9-8-10-4-1-2-6-12(10)14(11)13/h1-7H,8-9H2,(H,16,17). The van der Waals surface area contributed by atoms with E-state index in [2.05, 4.69) is 6.07 Å². The number of rotatable bonds is 1. The van der Waals surface area contributed by atoms with E-state index in [9.17, 15) is 9.90 Å². The van der Waals surface area contributed by atoms with Gasteiger partial charge < -0.3 is 5.11 Å². The number of benzene rings is 2. The highest BCUT2D eigenvalue weighted by molar-refractivity contribution is 5.98. The van der Waals surface area contributed by atoms with Crippen LogP contribution >= 0.6 is 0 Å². The third kappa shape index (κ3) is 1.53. The summed E-state index contributed by atoms with van der Waals surface area (Å²) >= 11 is 0. The molecule has 84 valence electrons. The Morgan fingerprint density at radius 1 is 0.941 bits per heavy atom. The summed E-state index contributed by atoms with van der Waals surface area (Å²) in [7, 11) is 0. The Morgan fingerprint density at radius 2 is 1.65 bits per heavy atom. The van der Waals surface area contributed by atoms with Gasteiger partial charge in [0.05, 0.1) is 5.56 Å². The molecule has 1 aliphatic carbocycles. The van der Waals surface area contributed by atoms with Crippen LogP contribution in [0.1, 0.15) is 21.5 Å². The molecule has 0 unspecified atom stereocenters. The Morgan fingerprint density at radius 3 is 2.47 bits per heavy atom. The Hall–Kier alpha value is -2.09. The van der Waals surface area contributed by atoms with E-state index in [0.717, 1.165) is 29.5 Å². The van der Waals surface area contributed by atoms with Crippen molar-refractivity contribution in [3.8, 4) is 11.1 Å². The quantitative estimate of drug-likeness (QED) is 0.807. The van der Waals surface area contributed by atoms with Gasteiger partial charge in [-0.15, -0.1) is 0 Å². The van der Waals surface area contributed by atoms with Gasteiger partial charge in [-0.3, -0.25) is 0 Å². The SMILES string of the molecule is O=C(O)c1cccc2c1-c1ccccc1CC2. The molecule has 0 heterocycles. The van der Waals surface area contributed by atoms with Crippen molar-refractivity contribution in [1.82, 2.24) is 0 Å². The van der Waals surface area contributed by atoms with E-state index in [1.807, 2.05) is 30.3 Å². The second-order valence-corrected chi connectivity index (χ2v) is 4.30. The highest BCUT2D eigenvalue weighted by Crippen LogP contribution is 2.35. The first-order valence-electron chi connectivity index (χ1n) is 5.71. The number of hydrogen-bond acceptors (Lipinski definition) is 1. The zero-order chi connectivity index (χ0) is 11.8. The molecule has 0 amide bonds. The number of carbonyl (C=O) groups is 1. The number of fused-ring (bicyclic) bond motifs is 3. The Labute approximate surface area is 99.5 Å². The van der Waals surface area contributed by atoms with Crippen molar-refractivity contribution < 1.29 is 9.90 Å². The van der Waals surface area contributed by atoms with Gasteiger partial charge in [0, 0.05) is 0 Å². The monoisotopic (exact) mass is 224 g/mol. The fourth-order valence-electron chi connectivity index (χ4n) is 2.56. The minimum absolute atomic E-state index is 0.412. The molecule has 1 aliphatic rings. The summed E-state index contributed by atoms with van der Waals surface area (Å²) in [5, 5.41) is 9.27. The molecule has 2 aromatic carbocycles. The summed E-state index contributed by atoms with van der Waals surface area (Å²) in [5.74, 6) is -0.849. The Kier molecular flexibility index (Phi) is 2.22. The van der Waals surface area contributed by atoms with Crippen molar-refractivity contribution in [2.45, 2.75) is 12.8 Å². The number of carboxylic acids is 1. The summed E-state index contributed by atoms with van der Waals surface area (Å²) in [6, 6.07) is 13.6. The predicted octanol–water partition coefficient (Wildman–Crippen LogP) is 3.15. The number of carboxylic acid groups (broad SMARTS) is 1. The molecule has 0 aliphatic heterocycles. The molecule has 0 spiro atoms. The predicted molar refractivity (Wildman–Crippen MR) is 66.2 cm³/mol. The molecule has 0 saturated carbocycles. The van der Waals surface area contributed by atoms with Crippen molar-refractivity contribution in [3.05, 3.63) is 59.2 Å². The number of aromatic carboxylic acids is 1.